The van der Waals surface area contributed by atoms with Crippen LogP contribution in [-0.4, -0.2) is 29.8 Å². The fourth-order valence-corrected chi connectivity index (χ4v) is 2.78. The first-order chi connectivity index (χ1) is 10.1. The van der Waals surface area contributed by atoms with Gasteiger partial charge in [0.1, 0.15) is 0 Å². The summed E-state index contributed by atoms with van der Waals surface area (Å²) in [4.78, 5) is 23.3. The standard InChI is InChI=1S/C15H18ClNO3S/c1-10(15(19)17-12-6-7-12)20-14(18)9-21-8-11-4-2-3-5-13(11)16/h2-5,10,12H,6-9H2,1H3,(H,17,19)/t10-/m1/s1. The molecule has 0 saturated heterocycles. The first kappa shape index (κ1) is 16.2. The molecule has 1 amide bonds. The number of nitrogens with one attached hydrogen (secondary N) is 1. The van der Waals surface area contributed by atoms with Crippen LogP contribution in [0.15, 0.2) is 24.3 Å². The molecule has 6 heteroatoms. The summed E-state index contributed by atoms with van der Waals surface area (Å²) in [5.41, 5.74) is 0.983. The highest BCUT2D eigenvalue weighted by Gasteiger charge is 2.27. The summed E-state index contributed by atoms with van der Waals surface area (Å²) in [6.07, 6.45) is 1.29. The van der Waals surface area contributed by atoms with Crippen molar-refractivity contribution in [2.45, 2.75) is 37.7 Å². The van der Waals surface area contributed by atoms with Crippen LogP contribution in [0.5, 0.6) is 0 Å². The van der Waals surface area contributed by atoms with Crippen molar-refractivity contribution in [1.82, 2.24) is 5.32 Å². The van der Waals surface area contributed by atoms with Crippen LogP contribution in [0, 0.1) is 0 Å². The maximum atomic E-state index is 11.7. The molecular weight excluding hydrogens is 310 g/mol. The molecule has 1 N–H and O–H groups in total. The molecule has 0 aliphatic heterocycles. The molecule has 0 unspecified atom stereocenters. The Morgan fingerprint density at radius 2 is 2.14 bits per heavy atom. The zero-order chi connectivity index (χ0) is 15.2. The van der Waals surface area contributed by atoms with Gasteiger partial charge in [0.2, 0.25) is 0 Å². The molecule has 1 saturated carbocycles. The van der Waals surface area contributed by atoms with E-state index >= 15 is 0 Å². The van der Waals surface area contributed by atoms with E-state index in [-0.39, 0.29) is 23.7 Å². The van der Waals surface area contributed by atoms with E-state index in [0.717, 1.165) is 18.4 Å². The summed E-state index contributed by atoms with van der Waals surface area (Å²) in [7, 11) is 0. The number of ether oxygens (including phenoxy) is 1. The van der Waals surface area contributed by atoms with E-state index in [1.165, 1.54) is 11.8 Å². The molecule has 1 atom stereocenters. The molecular formula is C15H18ClNO3S. The van der Waals surface area contributed by atoms with Crippen molar-refractivity contribution < 1.29 is 14.3 Å². The molecule has 1 aromatic carbocycles. The zero-order valence-electron chi connectivity index (χ0n) is 11.8. The number of carbonyl (C=O) groups is 2. The monoisotopic (exact) mass is 327 g/mol. The van der Waals surface area contributed by atoms with Crippen molar-refractivity contribution in [2.75, 3.05) is 5.75 Å². The van der Waals surface area contributed by atoms with Crippen molar-refractivity contribution in [3.8, 4) is 0 Å². The molecule has 0 spiro atoms. The van der Waals surface area contributed by atoms with E-state index in [2.05, 4.69) is 5.32 Å². The average molecular weight is 328 g/mol. The Hall–Kier alpha value is -1.20. The molecule has 114 valence electrons. The third kappa shape index (κ3) is 5.59. The molecule has 0 heterocycles. The molecule has 21 heavy (non-hydrogen) atoms. The predicted molar refractivity (Wildman–Crippen MR) is 84.3 cm³/mol. The first-order valence-corrected chi connectivity index (χ1v) is 8.40. The lowest BCUT2D eigenvalue weighted by Gasteiger charge is -2.13. The molecule has 2 rings (SSSR count). The smallest absolute Gasteiger partial charge is 0.316 e. The van der Waals surface area contributed by atoms with E-state index in [1.807, 2.05) is 24.3 Å². The predicted octanol–water partition coefficient (Wildman–Crippen LogP) is 2.78. The van der Waals surface area contributed by atoms with Crippen molar-refractivity contribution in [3.63, 3.8) is 0 Å². The van der Waals surface area contributed by atoms with Crippen LogP contribution < -0.4 is 5.32 Å². The van der Waals surface area contributed by atoms with Crippen LogP contribution in [-0.2, 0) is 20.1 Å². The van der Waals surface area contributed by atoms with E-state index in [4.69, 9.17) is 16.3 Å². The normalized spacial score (nSPS) is 15.3. The molecule has 0 aromatic heterocycles. The number of thioether (sulfide) groups is 1. The zero-order valence-corrected chi connectivity index (χ0v) is 13.4. The van der Waals surface area contributed by atoms with Crippen molar-refractivity contribution in [3.05, 3.63) is 34.9 Å². The van der Waals surface area contributed by atoms with E-state index in [0.29, 0.717) is 10.8 Å². The number of halogens is 1. The molecule has 0 radical (unpaired) electrons. The number of amides is 1. The van der Waals surface area contributed by atoms with Crippen LogP contribution in [0.2, 0.25) is 5.02 Å². The van der Waals surface area contributed by atoms with Gasteiger partial charge in [0, 0.05) is 16.8 Å². The molecule has 4 nitrogen and oxygen atoms in total. The molecule has 0 bridgehead atoms. The van der Waals surface area contributed by atoms with Crippen molar-refractivity contribution in [2.24, 2.45) is 0 Å². The number of hydrogen-bond acceptors (Lipinski definition) is 4. The minimum atomic E-state index is -0.737. The molecule has 1 aliphatic carbocycles. The first-order valence-electron chi connectivity index (χ1n) is 6.87. The Bertz CT molecular complexity index is 519. The molecule has 1 aromatic rings. The number of carbonyl (C=O) groups excluding carboxylic acids is 2. The summed E-state index contributed by atoms with van der Waals surface area (Å²) in [5.74, 6) is 0.233. The Labute approximate surface area is 133 Å². The summed E-state index contributed by atoms with van der Waals surface area (Å²) in [6, 6.07) is 7.79. The Morgan fingerprint density at radius 1 is 1.43 bits per heavy atom. The van der Waals surface area contributed by atoms with Gasteiger partial charge in [0.25, 0.3) is 5.91 Å². The third-order valence-corrected chi connectivity index (χ3v) is 4.36. The second-order valence-electron chi connectivity index (χ2n) is 5.00. The third-order valence-electron chi connectivity index (χ3n) is 3.04. The Balaban J connectivity index is 1.67. The van der Waals surface area contributed by atoms with Gasteiger partial charge in [-0.3, -0.25) is 9.59 Å². The van der Waals surface area contributed by atoms with Crippen LogP contribution in [0.25, 0.3) is 0 Å². The summed E-state index contributed by atoms with van der Waals surface area (Å²) < 4.78 is 5.10. The fourth-order valence-electron chi connectivity index (χ4n) is 1.69. The maximum absolute atomic E-state index is 11.7. The minimum Gasteiger partial charge on any atom is -0.452 e. The summed E-state index contributed by atoms with van der Waals surface area (Å²) >= 11 is 7.46. The minimum absolute atomic E-state index is 0.201. The van der Waals surface area contributed by atoms with E-state index in [1.54, 1.807) is 6.92 Å². The lowest BCUT2D eigenvalue weighted by atomic mass is 10.2. The fraction of sp³-hybridized carbons (Fsp3) is 0.467. The highest BCUT2D eigenvalue weighted by atomic mass is 35.5. The van der Waals surface area contributed by atoms with Gasteiger partial charge in [-0.2, -0.15) is 0 Å². The van der Waals surface area contributed by atoms with Gasteiger partial charge in [-0.15, -0.1) is 11.8 Å². The van der Waals surface area contributed by atoms with Gasteiger partial charge >= 0.3 is 5.97 Å². The SMILES string of the molecule is C[C@@H](OC(=O)CSCc1ccccc1Cl)C(=O)NC1CC1. The van der Waals surface area contributed by atoms with Crippen LogP contribution in [0.1, 0.15) is 25.3 Å². The van der Waals surface area contributed by atoms with E-state index in [9.17, 15) is 9.59 Å². The topological polar surface area (TPSA) is 55.4 Å². The van der Waals surface area contributed by atoms with Gasteiger partial charge in [0.15, 0.2) is 6.10 Å². The van der Waals surface area contributed by atoms with Gasteiger partial charge in [-0.05, 0) is 31.4 Å². The lowest BCUT2D eigenvalue weighted by molar-refractivity contribution is -0.152. The van der Waals surface area contributed by atoms with Crippen LogP contribution in [0.4, 0.5) is 0 Å². The van der Waals surface area contributed by atoms with Crippen LogP contribution in [0.3, 0.4) is 0 Å². The number of benzene rings is 1. The molecule has 1 fully saturated rings. The number of esters is 1. The van der Waals surface area contributed by atoms with Crippen molar-refractivity contribution >= 4 is 35.2 Å². The largest absolute Gasteiger partial charge is 0.452 e. The highest BCUT2D eigenvalue weighted by molar-refractivity contribution is 7.99. The Morgan fingerprint density at radius 3 is 2.81 bits per heavy atom. The second kappa shape index (κ2) is 7.71. The summed E-state index contributed by atoms with van der Waals surface area (Å²) in [6.45, 7) is 1.59. The lowest BCUT2D eigenvalue weighted by Crippen LogP contribution is -2.37. The number of hydrogen-bond donors (Lipinski definition) is 1. The van der Waals surface area contributed by atoms with Gasteiger partial charge in [-0.25, -0.2) is 0 Å². The average Bonchev–Trinajstić information content (AvgIpc) is 3.24. The Kier molecular flexibility index (Phi) is 5.94. The maximum Gasteiger partial charge on any atom is 0.316 e. The molecule has 1 aliphatic rings. The van der Waals surface area contributed by atoms with Crippen molar-refractivity contribution in [1.29, 1.82) is 0 Å². The highest BCUT2D eigenvalue weighted by Crippen LogP contribution is 2.21. The van der Waals surface area contributed by atoms with Gasteiger partial charge < -0.3 is 10.1 Å². The van der Waals surface area contributed by atoms with Crippen LogP contribution >= 0.6 is 23.4 Å². The summed E-state index contributed by atoms with van der Waals surface area (Å²) in [5, 5.41) is 3.50. The second-order valence-corrected chi connectivity index (χ2v) is 6.39. The van der Waals surface area contributed by atoms with Gasteiger partial charge in [-0.1, -0.05) is 29.8 Å². The number of rotatable bonds is 7. The van der Waals surface area contributed by atoms with E-state index < -0.39 is 6.10 Å². The van der Waals surface area contributed by atoms with Gasteiger partial charge in [0.05, 0.1) is 5.75 Å². The quantitative estimate of drug-likeness (QED) is 0.782.